The molecule has 0 aromatic rings. The monoisotopic (exact) mass is 335 g/mol. The summed E-state index contributed by atoms with van der Waals surface area (Å²) >= 11 is 0. The Kier molecular flexibility index (Phi) is 7.59. The van der Waals surface area contributed by atoms with Crippen LogP contribution in [0.3, 0.4) is 0 Å². The quantitative estimate of drug-likeness (QED) is 0.332. The van der Waals surface area contributed by atoms with Gasteiger partial charge in [-0.2, -0.15) is 18.5 Å². The van der Waals surface area contributed by atoms with Crippen molar-refractivity contribution in [3.63, 3.8) is 0 Å². The van der Waals surface area contributed by atoms with Crippen LogP contribution >= 0.6 is 0 Å². The van der Waals surface area contributed by atoms with E-state index in [0.29, 0.717) is 10.9 Å². The van der Waals surface area contributed by atoms with Crippen LogP contribution < -0.4 is 16.8 Å². The van der Waals surface area contributed by atoms with Gasteiger partial charge in [-0.3, -0.25) is 4.55 Å². The third kappa shape index (κ3) is 7.07. The molecular formula is C12H25N5O4S. The van der Waals surface area contributed by atoms with Crippen molar-refractivity contribution in [2.75, 3.05) is 6.54 Å². The Bertz CT molecular complexity index is 506. The van der Waals surface area contributed by atoms with Gasteiger partial charge in [-0.1, -0.05) is 39.0 Å². The van der Waals surface area contributed by atoms with E-state index in [1.807, 2.05) is 0 Å². The molecule has 0 spiro atoms. The number of nitrogens with two attached hydrogens (primary N) is 2. The standard InChI is InChI=1S/C12H25N5O4S/c1-2-3-4-5-6-7-8-15-11-9-10(13)17(12(14)16-11)21-22(18,19)20/h9-10,15H,2-8,13H2,1H3,(H2,14,16)(H,18,19,20). The summed E-state index contributed by atoms with van der Waals surface area (Å²) in [6.45, 7) is 2.90. The Balaban J connectivity index is 2.36. The topological polar surface area (TPSA) is 143 Å². The average molecular weight is 335 g/mol. The molecule has 0 aliphatic carbocycles. The summed E-state index contributed by atoms with van der Waals surface area (Å²) < 4.78 is 34.2. The molecule has 1 rings (SSSR count). The SMILES string of the molecule is CCCCCCCCNC1=CC(N)N(OS(=O)(=O)O)C(N)=N1. The van der Waals surface area contributed by atoms with Crippen LogP contribution in [-0.4, -0.2) is 36.7 Å². The maximum absolute atomic E-state index is 10.7. The molecule has 10 heteroatoms. The van der Waals surface area contributed by atoms with Crippen LogP contribution in [0.1, 0.15) is 45.4 Å². The van der Waals surface area contributed by atoms with Gasteiger partial charge in [0.1, 0.15) is 12.0 Å². The van der Waals surface area contributed by atoms with Crippen LogP contribution in [0.2, 0.25) is 0 Å². The van der Waals surface area contributed by atoms with Crippen molar-refractivity contribution >= 4 is 16.4 Å². The summed E-state index contributed by atoms with van der Waals surface area (Å²) in [5.41, 5.74) is 11.3. The molecule has 128 valence electrons. The lowest BCUT2D eigenvalue weighted by Crippen LogP contribution is -2.51. The second-order valence-electron chi connectivity index (χ2n) is 5.04. The minimum absolute atomic E-state index is 0.252. The molecule has 1 heterocycles. The van der Waals surface area contributed by atoms with Crippen LogP contribution in [0, 0.1) is 0 Å². The van der Waals surface area contributed by atoms with Crippen molar-refractivity contribution < 1.29 is 17.3 Å². The fraction of sp³-hybridized carbons (Fsp3) is 0.750. The van der Waals surface area contributed by atoms with Crippen molar-refractivity contribution in [3.8, 4) is 0 Å². The molecule has 9 nitrogen and oxygen atoms in total. The first-order valence-electron chi connectivity index (χ1n) is 7.35. The molecule has 22 heavy (non-hydrogen) atoms. The number of hydrogen-bond donors (Lipinski definition) is 4. The molecule has 0 radical (unpaired) electrons. The highest BCUT2D eigenvalue weighted by molar-refractivity contribution is 7.80. The Morgan fingerprint density at radius 2 is 2.00 bits per heavy atom. The first-order chi connectivity index (χ1) is 10.3. The van der Waals surface area contributed by atoms with Crippen molar-refractivity contribution in [2.24, 2.45) is 16.5 Å². The molecule has 6 N–H and O–H groups in total. The Labute approximate surface area is 131 Å². The minimum Gasteiger partial charge on any atom is -0.370 e. The molecule has 1 unspecified atom stereocenters. The molecule has 0 aromatic heterocycles. The van der Waals surface area contributed by atoms with Crippen LogP contribution in [0.25, 0.3) is 0 Å². The number of hydrogen-bond acceptors (Lipinski definition) is 8. The summed E-state index contributed by atoms with van der Waals surface area (Å²) in [6, 6.07) is 0. The largest absolute Gasteiger partial charge is 0.418 e. The van der Waals surface area contributed by atoms with E-state index in [1.54, 1.807) is 0 Å². The number of rotatable bonds is 10. The van der Waals surface area contributed by atoms with E-state index in [9.17, 15) is 8.42 Å². The highest BCUT2D eigenvalue weighted by Crippen LogP contribution is 2.10. The van der Waals surface area contributed by atoms with Crippen molar-refractivity contribution in [1.82, 2.24) is 10.4 Å². The summed E-state index contributed by atoms with van der Waals surface area (Å²) in [5, 5.41) is 3.69. The molecule has 1 aliphatic rings. The molecule has 1 atom stereocenters. The first-order valence-corrected chi connectivity index (χ1v) is 8.71. The van der Waals surface area contributed by atoms with Crippen LogP contribution in [-0.2, 0) is 14.7 Å². The van der Waals surface area contributed by atoms with Crippen molar-refractivity contribution in [2.45, 2.75) is 51.6 Å². The Morgan fingerprint density at radius 3 is 2.59 bits per heavy atom. The third-order valence-electron chi connectivity index (χ3n) is 3.07. The maximum atomic E-state index is 10.7. The van der Waals surface area contributed by atoms with Gasteiger partial charge in [0.15, 0.2) is 0 Å². The smallest absolute Gasteiger partial charge is 0.370 e. The summed E-state index contributed by atoms with van der Waals surface area (Å²) in [7, 11) is -4.70. The van der Waals surface area contributed by atoms with E-state index in [-0.39, 0.29) is 5.96 Å². The summed E-state index contributed by atoms with van der Waals surface area (Å²) in [6.07, 6.45) is 7.55. The lowest BCUT2D eigenvalue weighted by molar-refractivity contribution is -0.0123. The summed E-state index contributed by atoms with van der Waals surface area (Å²) in [4.78, 5) is 3.94. The molecule has 0 bridgehead atoms. The normalized spacial score (nSPS) is 18.9. The van der Waals surface area contributed by atoms with Gasteiger partial charge in [0, 0.05) is 6.54 Å². The van der Waals surface area contributed by atoms with Gasteiger partial charge in [0.05, 0.1) is 0 Å². The van der Waals surface area contributed by atoms with E-state index in [4.69, 9.17) is 16.0 Å². The van der Waals surface area contributed by atoms with Gasteiger partial charge < -0.3 is 16.8 Å². The van der Waals surface area contributed by atoms with Crippen molar-refractivity contribution in [3.05, 3.63) is 11.9 Å². The Hall–Kier alpha value is -1.36. The number of nitrogens with zero attached hydrogens (tertiary/aromatic N) is 2. The molecule has 0 amide bonds. The summed E-state index contributed by atoms with van der Waals surface area (Å²) in [5.74, 6) is 0.201. The van der Waals surface area contributed by atoms with E-state index >= 15 is 0 Å². The van der Waals surface area contributed by atoms with E-state index in [2.05, 4.69) is 21.5 Å². The lowest BCUT2D eigenvalue weighted by atomic mass is 10.1. The zero-order chi connectivity index (χ0) is 16.6. The fourth-order valence-corrected chi connectivity index (χ4v) is 2.38. The van der Waals surface area contributed by atoms with Gasteiger partial charge in [0.2, 0.25) is 5.96 Å². The van der Waals surface area contributed by atoms with Gasteiger partial charge in [-0.05, 0) is 12.5 Å². The predicted octanol–water partition coefficient (Wildman–Crippen LogP) is 0.427. The average Bonchev–Trinajstić information content (AvgIpc) is 2.41. The number of unbranched alkanes of at least 4 members (excludes halogenated alkanes) is 5. The molecule has 0 saturated carbocycles. The van der Waals surface area contributed by atoms with Crippen LogP contribution in [0.15, 0.2) is 16.9 Å². The van der Waals surface area contributed by atoms with Gasteiger partial charge >= 0.3 is 10.4 Å². The van der Waals surface area contributed by atoms with Crippen LogP contribution in [0.4, 0.5) is 0 Å². The highest BCUT2D eigenvalue weighted by atomic mass is 32.3. The zero-order valence-electron chi connectivity index (χ0n) is 12.7. The second kappa shape index (κ2) is 8.93. The van der Waals surface area contributed by atoms with Gasteiger partial charge in [-0.25, -0.2) is 0 Å². The van der Waals surface area contributed by atoms with Gasteiger partial charge in [0.25, 0.3) is 0 Å². The molecular weight excluding hydrogens is 310 g/mol. The zero-order valence-corrected chi connectivity index (χ0v) is 13.6. The van der Waals surface area contributed by atoms with Crippen LogP contribution in [0.5, 0.6) is 0 Å². The maximum Gasteiger partial charge on any atom is 0.418 e. The number of nitrogens with one attached hydrogen (secondary N) is 1. The third-order valence-corrected chi connectivity index (χ3v) is 3.42. The van der Waals surface area contributed by atoms with Gasteiger partial charge in [-0.15, -0.1) is 4.28 Å². The highest BCUT2D eigenvalue weighted by Gasteiger charge is 2.26. The van der Waals surface area contributed by atoms with E-state index in [1.165, 1.54) is 31.8 Å². The van der Waals surface area contributed by atoms with E-state index < -0.39 is 16.6 Å². The molecule has 1 aliphatic heterocycles. The minimum atomic E-state index is -4.70. The first kappa shape index (κ1) is 18.7. The number of guanidine groups is 1. The van der Waals surface area contributed by atoms with Crippen molar-refractivity contribution in [1.29, 1.82) is 0 Å². The fourth-order valence-electron chi connectivity index (χ4n) is 2.00. The number of hydroxylamine groups is 2. The molecule has 0 aromatic carbocycles. The Morgan fingerprint density at radius 1 is 1.36 bits per heavy atom. The molecule has 0 saturated heterocycles. The van der Waals surface area contributed by atoms with E-state index in [0.717, 1.165) is 19.4 Å². The number of aliphatic imine (C=N–C) groups is 1. The predicted molar refractivity (Wildman–Crippen MR) is 83.5 cm³/mol. The second-order valence-corrected chi connectivity index (χ2v) is 6.04. The molecule has 0 fully saturated rings. The lowest BCUT2D eigenvalue weighted by Gasteiger charge is -2.28.